The van der Waals surface area contributed by atoms with Crippen LogP contribution in [-0.2, 0) is 0 Å². The number of hydrogen-bond acceptors (Lipinski definition) is 4. The lowest BCUT2D eigenvalue weighted by atomic mass is 10.0. The summed E-state index contributed by atoms with van der Waals surface area (Å²) in [7, 11) is 0. The smallest absolute Gasteiger partial charge is 0.180 e. The number of nitrogens with two attached hydrogens (primary N) is 1. The molecule has 6 heteroatoms. The maximum atomic E-state index is 13.8. The van der Waals surface area contributed by atoms with E-state index in [0.29, 0.717) is 5.56 Å². The van der Waals surface area contributed by atoms with Gasteiger partial charge in [-0.15, -0.1) is 0 Å². The van der Waals surface area contributed by atoms with E-state index in [1.54, 1.807) is 6.07 Å². The molecular formula is C13H8F2N2O2. The topological polar surface area (TPSA) is 65.2 Å². The predicted molar refractivity (Wildman–Crippen MR) is 64.0 cm³/mol. The number of aromatic nitrogens is 1. The van der Waals surface area contributed by atoms with E-state index in [2.05, 4.69) is 5.16 Å². The van der Waals surface area contributed by atoms with E-state index in [-0.39, 0.29) is 22.7 Å². The van der Waals surface area contributed by atoms with Gasteiger partial charge in [0.1, 0.15) is 17.9 Å². The maximum absolute atomic E-state index is 13.8. The molecule has 0 saturated carbocycles. The number of rotatable bonds is 2. The van der Waals surface area contributed by atoms with Gasteiger partial charge in [0.05, 0.1) is 17.4 Å². The lowest BCUT2D eigenvalue weighted by Crippen LogP contribution is -1.92. The molecule has 0 radical (unpaired) electrons. The number of hydrogen-bond donors (Lipinski definition) is 1. The van der Waals surface area contributed by atoms with Gasteiger partial charge in [-0.25, -0.2) is 8.78 Å². The number of nitrogens with zero attached hydrogens (tertiary/aromatic N) is 1. The molecule has 0 aliphatic carbocycles. The Bertz CT molecular complexity index is 720. The number of halogens is 2. The number of anilines is 1. The second kappa shape index (κ2) is 4.24. The molecule has 0 atom stereocenters. The average Bonchev–Trinajstić information content (AvgIpc) is 2.99. The van der Waals surface area contributed by atoms with Gasteiger partial charge in [0.2, 0.25) is 0 Å². The van der Waals surface area contributed by atoms with Crippen molar-refractivity contribution in [3.05, 3.63) is 48.4 Å². The monoisotopic (exact) mass is 262 g/mol. The van der Waals surface area contributed by atoms with Crippen molar-refractivity contribution in [2.45, 2.75) is 0 Å². The standard InChI is InChI=1S/C13H8F2N2O2/c14-8-1-2-9(10(15)5-8)11-12(19-17-13(11)16)7-3-4-18-6-7/h1-6H,(H2,16,17). The van der Waals surface area contributed by atoms with Gasteiger partial charge in [0.15, 0.2) is 11.6 Å². The maximum Gasteiger partial charge on any atom is 0.180 e. The molecule has 2 aromatic heterocycles. The van der Waals surface area contributed by atoms with Crippen LogP contribution in [0.25, 0.3) is 22.5 Å². The van der Waals surface area contributed by atoms with Crippen LogP contribution in [0.2, 0.25) is 0 Å². The molecule has 3 aromatic rings. The van der Waals surface area contributed by atoms with Crippen LogP contribution < -0.4 is 5.73 Å². The quantitative estimate of drug-likeness (QED) is 0.768. The van der Waals surface area contributed by atoms with Gasteiger partial charge in [0, 0.05) is 11.6 Å². The van der Waals surface area contributed by atoms with Gasteiger partial charge in [-0.05, 0) is 18.2 Å². The van der Waals surface area contributed by atoms with E-state index in [1.165, 1.54) is 18.6 Å². The zero-order valence-electron chi connectivity index (χ0n) is 9.56. The first kappa shape index (κ1) is 11.5. The summed E-state index contributed by atoms with van der Waals surface area (Å²) >= 11 is 0. The number of furan rings is 1. The molecule has 0 unspecified atom stereocenters. The van der Waals surface area contributed by atoms with Gasteiger partial charge in [-0.3, -0.25) is 0 Å². The molecule has 19 heavy (non-hydrogen) atoms. The minimum absolute atomic E-state index is 0.0294. The third-order valence-corrected chi connectivity index (χ3v) is 2.70. The van der Waals surface area contributed by atoms with Crippen LogP contribution in [0.4, 0.5) is 14.6 Å². The van der Waals surface area contributed by atoms with E-state index in [0.717, 1.165) is 12.1 Å². The molecule has 0 saturated heterocycles. The first-order chi connectivity index (χ1) is 9.16. The molecule has 2 N–H and O–H groups in total. The Labute approximate surface area is 106 Å². The van der Waals surface area contributed by atoms with E-state index >= 15 is 0 Å². The van der Waals surface area contributed by atoms with Gasteiger partial charge in [0.25, 0.3) is 0 Å². The molecule has 2 heterocycles. The average molecular weight is 262 g/mol. The minimum atomic E-state index is -0.736. The van der Waals surface area contributed by atoms with Crippen molar-refractivity contribution in [3.8, 4) is 22.5 Å². The molecule has 0 bridgehead atoms. The Kier molecular flexibility index (Phi) is 2.56. The normalized spacial score (nSPS) is 10.8. The Hall–Kier alpha value is -2.63. The highest BCUT2D eigenvalue weighted by Gasteiger charge is 2.21. The molecule has 0 fully saturated rings. The fourth-order valence-electron chi connectivity index (χ4n) is 1.85. The van der Waals surface area contributed by atoms with E-state index in [9.17, 15) is 8.78 Å². The summed E-state index contributed by atoms with van der Waals surface area (Å²) in [6.07, 6.45) is 2.86. The third kappa shape index (κ3) is 1.87. The van der Waals surface area contributed by atoms with Crippen molar-refractivity contribution in [1.82, 2.24) is 5.16 Å². The van der Waals surface area contributed by atoms with Crippen LogP contribution in [0.15, 0.2) is 45.7 Å². The molecule has 0 aliphatic heterocycles. The lowest BCUT2D eigenvalue weighted by molar-refractivity contribution is 0.435. The van der Waals surface area contributed by atoms with Crippen molar-refractivity contribution in [2.75, 3.05) is 5.73 Å². The van der Waals surface area contributed by atoms with Crippen molar-refractivity contribution in [1.29, 1.82) is 0 Å². The summed E-state index contributed by atoms with van der Waals surface area (Å²) in [5, 5.41) is 3.61. The zero-order valence-corrected chi connectivity index (χ0v) is 9.56. The summed E-state index contributed by atoms with van der Waals surface area (Å²) in [6.45, 7) is 0. The largest absolute Gasteiger partial charge is 0.472 e. The molecule has 0 aliphatic rings. The third-order valence-electron chi connectivity index (χ3n) is 2.70. The Morgan fingerprint density at radius 2 is 2.00 bits per heavy atom. The highest BCUT2D eigenvalue weighted by atomic mass is 19.1. The summed E-state index contributed by atoms with van der Waals surface area (Å²) < 4.78 is 36.8. The molecule has 96 valence electrons. The summed E-state index contributed by atoms with van der Waals surface area (Å²) in [5.74, 6) is -1.10. The van der Waals surface area contributed by atoms with E-state index in [1.807, 2.05) is 0 Å². The number of benzene rings is 1. The van der Waals surface area contributed by atoms with Crippen LogP contribution in [0, 0.1) is 11.6 Å². The highest BCUT2D eigenvalue weighted by Crippen LogP contribution is 2.37. The van der Waals surface area contributed by atoms with Crippen LogP contribution in [0.1, 0.15) is 0 Å². The lowest BCUT2D eigenvalue weighted by Gasteiger charge is -2.03. The summed E-state index contributed by atoms with van der Waals surface area (Å²) in [5.41, 5.74) is 6.66. The second-order valence-corrected chi connectivity index (χ2v) is 3.91. The van der Waals surface area contributed by atoms with Crippen molar-refractivity contribution in [2.24, 2.45) is 0 Å². The fourth-order valence-corrected chi connectivity index (χ4v) is 1.85. The molecule has 3 rings (SSSR count). The first-order valence-electron chi connectivity index (χ1n) is 5.40. The van der Waals surface area contributed by atoms with Crippen LogP contribution in [-0.4, -0.2) is 5.16 Å². The summed E-state index contributed by atoms with van der Waals surface area (Å²) in [4.78, 5) is 0. The Balaban J connectivity index is 2.22. The summed E-state index contributed by atoms with van der Waals surface area (Å²) in [6, 6.07) is 4.84. The highest BCUT2D eigenvalue weighted by molar-refractivity contribution is 5.86. The second-order valence-electron chi connectivity index (χ2n) is 3.91. The van der Waals surface area contributed by atoms with Gasteiger partial charge >= 0.3 is 0 Å². The van der Waals surface area contributed by atoms with Crippen LogP contribution >= 0.6 is 0 Å². The Morgan fingerprint density at radius 3 is 2.68 bits per heavy atom. The van der Waals surface area contributed by atoms with E-state index < -0.39 is 11.6 Å². The molecule has 0 spiro atoms. The molecule has 4 nitrogen and oxygen atoms in total. The molecular weight excluding hydrogens is 254 g/mol. The minimum Gasteiger partial charge on any atom is -0.472 e. The van der Waals surface area contributed by atoms with Gasteiger partial charge in [-0.1, -0.05) is 5.16 Å². The van der Waals surface area contributed by atoms with Crippen molar-refractivity contribution >= 4 is 5.82 Å². The van der Waals surface area contributed by atoms with Crippen LogP contribution in [0.3, 0.4) is 0 Å². The first-order valence-corrected chi connectivity index (χ1v) is 5.40. The molecule has 1 aromatic carbocycles. The fraction of sp³-hybridized carbons (Fsp3) is 0. The van der Waals surface area contributed by atoms with Crippen LogP contribution in [0.5, 0.6) is 0 Å². The number of nitrogen functional groups attached to an aromatic ring is 1. The van der Waals surface area contributed by atoms with Crippen molar-refractivity contribution < 1.29 is 17.7 Å². The SMILES string of the molecule is Nc1noc(-c2ccoc2)c1-c1ccc(F)cc1F. The zero-order chi connectivity index (χ0) is 13.4. The van der Waals surface area contributed by atoms with Gasteiger partial charge in [-0.2, -0.15) is 0 Å². The Morgan fingerprint density at radius 1 is 1.16 bits per heavy atom. The van der Waals surface area contributed by atoms with E-state index in [4.69, 9.17) is 14.7 Å². The van der Waals surface area contributed by atoms with Gasteiger partial charge < -0.3 is 14.7 Å². The predicted octanol–water partition coefficient (Wildman–Crippen LogP) is 3.46. The molecule has 0 amide bonds. The van der Waals surface area contributed by atoms with Crippen molar-refractivity contribution in [3.63, 3.8) is 0 Å².